The molecule has 6 heteroatoms. The Hall–Kier alpha value is -2.89. The van der Waals surface area contributed by atoms with E-state index in [0.29, 0.717) is 19.3 Å². The highest BCUT2D eigenvalue weighted by molar-refractivity contribution is 5.71. The SMILES string of the molecule is CC/C=C\C/C=C\C/C=C\C/C=C\CCCCCCCCC(=O)OCC(COC(=O)CCCCCCCCCCCCCCC)OC(=O)CCCCCCCCC/C=C\CCCCCC. The molecule has 0 aromatic carbocycles. The third kappa shape index (κ3) is 51.9. The van der Waals surface area contributed by atoms with Crippen molar-refractivity contribution < 1.29 is 28.6 Å². The molecule has 0 aromatic heterocycles. The molecule has 0 aliphatic heterocycles. The maximum Gasteiger partial charge on any atom is 0.306 e. The molecule has 0 rings (SSSR count). The van der Waals surface area contributed by atoms with E-state index in [2.05, 4.69) is 81.5 Å². The Bertz CT molecular complexity index is 1180. The fourth-order valence-electron chi connectivity index (χ4n) is 7.84. The fraction of sp³-hybridized carbons (Fsp3) is 0.780. The van der Waals surface area contributed by atoms with Crippen molar-refractivity contribution in [1.82, 2.24) is 0 Å². The number of unbranched alkanes of at least 4 members (excludes halogenated alkanes) is 29. The molecule has 0 spiro atoms. The van der Waals surface area contributed by atoms with Crippen molar-refractivity contribution in [2.45, 2.75) is 284 Å². The van der Waals surface area contributed by atoms with Crippen molar-refractivity contribution in [3.8, 4) is 0 Å². The predicted molar refractivity (Wildman–Crippen MR) is 279 cm³/mol. The van der Waals surface area contributed by atoms with E-state index >= 15 is 0 Å². The van der Waals surface area contributed by atoms with Crippen LogP contribution in [0.3, 0.4) is 0 Å². The Labute approximate surface area is 402 Å². The first kappa shape index (κ1) is 62.1. The van der Waals surface area contributed by atoms with Gasteiger partial charge in [-0.1, -0.05) is 236 Å². The normalized spacial score (nSPS) is 12.5. The van der Waals surface area contributed by atoms with Gasteiger partial charge in [-0.2, -0.15) is 0 Å². The minimum absolute atomic E-state index is 0.0781. The maximum atomic E-state index is 12.8. The van der Waals surface area contributed by atoms with Crippen LogP contribution in [-0.2, 0) is 28.6 Å². The molecular formula is C59H104O6. The van der Waals surface area contributed by atoms with E-state index in [0.717, 1.165) is 89.9 Å². The van der Waals surface area contributed by atoms with Gasteiger partial charge in [0.25, 0.3) is 0 Å². The van der Waals surface area contributed by atoms with Crippen molar-refractivity contribution >= 4 is 17.9 Å². The zero-order chi connectivity index (χ0) is 47.2. The Kier molecular flexibility index (Phi) is 51.3. The van der Waals surface area contributed by atoms with Crippen LogP contribution in [0, 0.1) is 0 Å². The topological polar surface area (TPSA) is 78.9 Å². The summed E-state index contributed by atoms with van der Waals surface area (Å²) >= 11 is 0. The van der Waals surface area contributed by atoms with Gasteiger partial charge in [0.15, 0.2) is 6.10 Å². The largest absolute Gasteiger partial charge is 0.462 e. The van der Waals surface area contributed by atoms with E-state index in [4.69, 9.17) is 14.2 Å². The van der Waals surface area contributed by atoms with Gasteiger partial charge in [0.05, 0.1) is 0 Å². The zero-order valence-electron chi connectivity index (χ0n) is 43.0. The summed E-state index contributed by atoms with van der Waals surface area (Å²) in [5.41, 5.74) is 0. The van der Waals surface area contributed by atoms with E-state index < -0.39 is 6.10 Å². The van der Waals surface area contributed by atoms with Crippen molar-refractivity contribution in [3.63, 3.8) is 0 Å². The van der Waals surface area contributed by atoms with Crippen LogP contribution in [0.25, 0.3) is 0 Å². The number of esters is 3. The number of hydrogen-bond acceptors (Lipinski definition) is 6. The van der Waals surface area contributed by atoms with Gasteiger partial charge in [0.1, 0.15) is 13.2 Å². The number of ether oxygens (including phenoxy) is 3. The van der Waals surface area contributed by atoms with Gasteiger partial charge in [-0.3, -0.25) is 14.4 Å². The van der Waals surface area contributed by atoms with E-state index in [1.807, 2.05) is 0 Å². The molecule has 0 fully saturated rings. The molecule has 376 valence electrons. The Balaban J connectivity index is 4.38. The second-order valence-corrected chi connectivity index (χ2v) is 18.5. The Morgan fingerprint density at radius 1 is 0.323 bits per heavy atom. The molecule has 0 heterocycles. The van der Waals surface area contributed by atoms with Crippen LogP contribution in [0.4, 0.5) is 0 Å². The van der Waals surface area contributed by atoms with Crippen molar-refractivity contribution in [2.24, 2.45) is 0 Å². The maximum absolute atomic E-state index is 12.8. The highest BCUT2D eigenvalue weighted by Crippen LogP contribution is 2.15. The van der Waals surface area contributed by atoms with E-state index in [1.165, 1.54) is 148 Å². The molecular weight excluding hydrogens is 805 g/mol. The standard InChI is InChI=1S/C59H104O6/c1-4-7-10-13-16-19-22-25-27-28-29-30-32-34-37-40-43-46-49-52-58(61)64-55-56(54-63-57(60)51-48-45-42-39-36-33-24-21-18-15-12-9-6-3)65-59(62)53-50-47-44-41-38-35-31-26-23-20-17-14-11-8-5-2/h7,10,16,19-20,23,25,27,29-30,56H,4-6,8-9,11-15,17-18,21-22,24,26,28,31-55H2,1-3H3/b10-7-,19-16-,23-20-,27-25-,30-29-. The van der Waals surface area contributed by atoms with Crippen molar-refractivity contribution in [2.75, 3.05) is 13.2 Å². The highest BCUT2D eigenvalue weighted by Gasteiger charge is 2.19. The molecule has 0 bridgehead atoms. The third-order valence-electron chi connectivity index (χ3n) is 12.0. The van der Waals surface area contributed by atoms with E-state index in [-0.39, 0.29) is 31.1 Å². The summed E-state index contributed by atoms with van der Waals surface area (Å²) in [7, 11) is 0. The van der Waals surface area contributed by atoms with Crippen LogP contribution in [0.15, 0.2) is 60.8 Å². The fourth-order valence-corrected chi connectivity index (χ4v) is 7.84. The number of carbonyl (C=O) groups excluding carboxylic acids is 3. The predicted octanol–water partition coefficient (Wildman–Crippen LogP) is 18.4. The van der Waals surface area contributed by atoms with Crippen LogP contribution < -0.4 is 0 Å². The van der Waals surface area contributed by atoms with Crippen LogP contribution in [-0.4, -0.2) is 37.2 Å². The number of rotatable bonds is 50. The molecule has 0 amide bonds. The van der Waals surface area contributed by atoms with Gasteiger partial charge in [-0.15, -0.1) is 0 Å². The quantitative estimate of drug-likeness (QED) is 0.0262. The van der Waals surface area contributed by atoms with Gasteiger partial charge in [-0.05, 0) is 83.5 Å². The number of carbonyl (C=O) groups is 3. The Morgan fingerprint density at radius 2 is 0.600 bits per heavy atom. The summed E-state index contributed by atoms with van der Waals surface area (Å²) in [4.78, 5) is 38.1. The van der Waals surface area contributed by atoms with Gasteiger partial charge in [0.2, 0.25) is 0 Å². The van der Waals surface area contributed by atoms with Crippen LogP contribution in [0.1, 0.15) is 278 Å². The van der Waals surface area contributed by atoms with Gasteiger partial charge >= 0.3 is 17.9 Å². The van der Waals surface area contributed by atoms with Crippen LogP contribution >= 0.6 is 0 Å². The summed E-state index contributed by atoms with van der Waals surface area (Å²) < 4.78 is 16.8. The minimum atomic E-state index is -0.780. The summed E-state index contributed by atoms with van der Waals surface area (Å²) in [5, 5.41) is 0. The van der Waals surface area contributed by atoms with E-state index in [1.54, 1.807) is 0 Å². The molecule has 0 radical (unpaired) electrons. The van der Waals surface area contributed by atoms with Crippen LogP contribution in [0.2, 0.25) is 0 Å². The first-order chi connectivity index (χ1) is 32.0. The molecule has 1 atom stereocenters. The molecule has 65 heavy (non-hydrogen) atoms. The number of allylic oxidation sites excluding steroid dienone is 10. The monoisotopic (exact) mass is 909 g/mol. The van der Waals surface area contributed by atoms with Gasteiger partial charge in [0, 0.05) is 19.3 Å². The molecule has 0 aliphatic rings. The average Bonchev–Trinajstić information content (AvgIpc) is 3.30. The smallest absolute Gasteiger partial charge is 0.306 e. The number of hydrogen-bond donors (Lipinski definition) is 0. The lowest BCUT2D eigenvalue weighted by Crippen LogP contribution is -2.30. The molecule has 6 nitrogen and oxygen atoms in total. The van der Waals surface area contributed by atoms with Gasteiger partial charge < -0.3 is 14.2 Å². The molecule has 0 aromatic rings. The summed E-state index contributed by atoms with van der Waals surface area (Å²) in [6, 6.07) is 0. The molecule has 0 saturated carbocycles. The first-order valence-corrected chi connectivity index (χ1v) is 27.8. The van der Waals surface area contributed by atoms with Crippen molar-refractivity contribution in [3.05, 3.63) is 60.8 Å². The molecule has 0 aliphatic carbocycles. The lowest BCUT2D eigenvalue weighted by atomic mass is 10.0. The highest BCUT2D eigenvalue weighted by atomic mass is 16.6. The minimum Gasteiger partial charge on any atom is -0.462 e. The molecule has 0 N–H and O–H groups in total. The molecule has 0 saturated heterocycles. The molecule has 1 unspecified atom stereocenters. The second kappa shape index (κ2) is 53.7. The first-order valence-electron chi connectivity index (χ1n) is 27.8. The van der Waals surface area contributed by atoms with Crippen LogP contribution in [0.5, 0.6) is 0 Å². The summed E-state index contributed by atoms with van der Waals surface area (Å²) in [5.74, 6) is -0.887. The lowest BCUT2D eigenvalue weighted by Gasteiger charge is -2.18. The third-order valence-corrected chi connectivity index (χ3v) is 12.0. The van der Waals surface area contributed by atoms with E-state index in [9.17, 15) is 14.4 Å². The summed E-state index contributed by atoms with van der Waals surface area (Å²) in [6.07, 6.45) is 66.3. The zero-order valence-corrected chi connectivity index (χ0v) is 43.0. The Morgan fingerprint density at radius 3 is 0.969 bits per heavy atom. The second-order valence-electron chi connectivity index (χ2n) is 18.5. The van der Waals surface area contributed by atoms with Gasteiger partial charge in [-0.25, -0.2) is 0 Å². The average molecular weight is 909 g/mol. The summed E-state index contributed by atoms with van der Waals surface area (Å²) in [6.45, 7) is 6.52. The lowest BCUT2D eigenvalue weighted by molar-refractivity contribution is -0.167. The van der Waals surface area contributed by atoms with Crippen molar-refractivity contribution in [1.29, 1.82) is 0 Å².